The topological polar surface area (TPSA) is 109 Å². The van der Waals surface area contributed by atoms with Gasteiger partial charge in [-0.25, -0.2) is 14.1 Å². The molecule has 0 spiro atoms. The molecule has 0 aliphatic carbocycles. The highest BCUT2D eigenvalue weighted by Gasteiger charge is 2.17. The molecule has 3 rings (SSSR count). The number of nitrogens with two attached hydrogens (primary N) is 1. The van der Waals surface area contributed by atoms with Gasteiger partial charge in [0.15, 0.2) is 12.4 Å². The van der Waals surface area contributed by atoms with E-state index in [1.54, 1.807) is 12.1 Å². The summed E-state index contributed by atoms with van der Waals surface area (Å²) in [4.78, 5) is 19.7. The first-order chi connectivity index (χ1) is 13.4. The summed E-state index contributed by atoms with van der Waals surface area (Å²) >= 11 is 0.934. The van der Waals surface area contributed by atoms with Gasteiger partial charge in [0.2, 0.25) is 0 Å². The molecular formula is C18H18FN5O3S. The van der Waals surface area contributed by atoms with Gasteiger partial charge in [-0.2, -0.15) is 0 Å². The van der Waals surface area contributed by atoms with Crippen LogP contribution in [0, 0.1) is 29.8 Å². The van der Waals surface area contributed by atoms with Gasteiger partial charge < -0.3 is 4.84 Å². The van der Waals surface area contributed by atoms with Gasteiger partial charge in [-0.1, -0.05) is 23.8 Å². The molecule has 146 valence electrons. The molecule has 10 heteroatoms. The van der Waals surface area contributed by atoms with E-state index in [4.69, 9.17) is 5.14 Å². The Morgan fingerprint density at radius 1 is 1.29 bits per heavy atom. The van der Waals surface area contributed by atoms with Crippen molar-refractivity contribution in [3.8, 4) is 5.69 Å². The molecule has 0 bridgehead atoms. The summed E-state index contributed by atoms with van der Waals surface area (Å²) in [7, 11) is 0. The highest BCUT2D eigenvalue weighted by molar-refractivity contribution is 7.97. The molecule has 0 fully saturated rings. The SMILES string of the molecule is Cc1ccc(C)c(Cc2nc(CO[N+](=O)[O-])nn2-c2ccc(SN)cc2F)c1. The smallest absolute Gasteiger partial charge is 0.294 e. The van der Waals surface area contributed by atoms with Crippen molar-refractivity contribution in [3.63, 3.8) is 0 Å². The van der Waals surface area contributed by atoms with Crippen molar-refractivity contribution in [1.29, 1.82) is 0 Å². The van der Waals surface area contributed by atoms with E-state index in [1.807, 2.05) is 32.0 Å². The Hall–Kier alpha value is -2.98. The van der Waals surface area contributed by atoms with Crippen LogP contribution < -0.4 is 5.14 Å². The van der Waals surface area contributed by atoms with Crippen LogP contribution in [0.4, 0.5) is 4.39 Å². The fraction of sp³-hybridized carbons (Fsp3) is 0.222. The second-order valence-corrected chi connectivity index (χ2v) is 6.90. The lowest BCUT2D eigenvalue weighted by Crippen LogP contribution is -2.07. The molecule has 0 saturated carbocycles. The van der Waals surface area contributed by atoms with E-state index in [0.29, 0.717) is 17.1 Å². The number of hydrogen-bond donors (Lipinski definition) is 1. The molecule has 0 unspecified atom stereocenters. The lowest BCUT2D eigenvalue weighted by Gasteiger charge is -2.10. The average molecular weight is 403 g/mol. The van der Waals surface area contributed by atoms with Crippen molar-refractivity contribution in [2.45, 2.75) is 31.8 Å². The van der Waals surface area contributed by atoms with Gasteiger partial charge in [0.05, 0.1) is 0 Å². The zero-order valence-corrected chi connectivity index (χ0v) is 16.1. The van der Waals surface area contributed by atoms with Crippen molar-refractivity contribution in [3.05, 3.63) is 80.7 Å². The lowest BCUT2D eigenvalue weighted by atomic mass is 10.0. The van der Waals surface area contributed by atoms with Crippen LogP contribution >= 0.6 is 11.9 Å². The maximum atomic E-state index is 14.6. The molecule has 2 N–H and O–H groups in total. The van der Waals surface area contributed by atoms with Gasteiger partial charge in [-0.05, 0) is 55.1 Å². The molecule has 8 nitrogen and oxygen atoms in total. The van der Waals surface area contributed by atoms with E-state index in [0.717, 1.165) is 28.6 Å². The van der Waals surface area contributed by atoms with Crippen LogP contribution in [0.15, 0.2) is 41.3 Å². The Morgan fingerprint density at radius 2 is 2.07 bits per heavy atom. The number of hydrogen-bond acceptors (Lipinski definition) is 7. The number of nitrogens with zero attached hydrogens (tertiary/aromatic N) is 4. The van der Waals surface area contributed by atoms with E-state index in [9.17, 15) is 14.5 Å². The molecule has 1 aromatic heterocycles. The Balaban J connectivity index is 2.04. The second kappa shape index (κ2) is 8.36. The summed E-state index contributed by atoms with van der Waals surface area (Å²) in [5.74, 6) is 0.0145. The van der Waals surface area contributed by atoms with Crippen LogP contribution in [-0.2, 0) is 17.9 Å². The minimum absolute atomic E-state index is 0.0914. The Labute approximate surface area is 164 Å². The van der Waals surface area contributed by atoms with Crippen molar-refractivity contribution in [2.24, 2.45) is 5.14 Å². The quantitative estimate of drug-likeness (QED) is 0.366. The number of aryl methyl sites for hydroxylation is 2. The first kappa shape index (κ1) is 19.8. The molecule has 2 aromatic carbocycles. The Kier molecular flexibility index (Phi) is 5.90. The highest BCUT2D eigenvalue weighted by atomic mass is 32.2. The summed E-state index contributed by atoms with van der Waals surface area (Å²) in [5.41, 5.74) is 3.32. The van der Waals surface area contributed by atoms with E-state index in [2.05, 4.69) is 14.9 Å². The van der Waals surface area contributed by atoms with Gasteiger partial charge in [0.1, 0.15) is 17.3 Å². The number of halogens is 1. The molecule has 3 aromatic rings. The van der Waals surface area contributed by atoms with Crippen LogP contribution in [0.25, 0.3) is 5.69 Å². The fourth-order valence-electron chi connectivity index (χ4n) is 2.76. The van der Waals surface area contributed by atoms with Crippen LogP contribution in [0.3, 0.4) is 0 Å². The third-order valence-electron chi connectivity index (χ3n) is 4.15. The van der Waals surface area contributed by atoms with Gasteiger partial charge in [0.25, 0.3) is 5.09 Å². The molecule has 0 aliphatic heterocycles. The van der Waals surface area contributed by atoms with Gasteiger partial charge >= 0.3 is 0 Å². The monoisotopic (exact) mass is 403 g/mol. The zero-order valence-electron chi connectivity index (χ0n) is 15.3. The summed E-state index contributed by atoms with van der Waals surface area (Å²) in [6, 6.07) is 10.5. The maximum Gasteiger partial charge on any atom is 0.294 e. The van der Waals surface area contributed by atoms with E-state index >= 15 is 0 Å². The first-order valence-electron chi connectivity index (χ1n) is 8.32. The third-order valence-corrected chi connectivity index (χ3v) is 4.68. The molecule has 0 atom stereocenters. The van der Waals surface area contributed by atoms with Crippen LogP contribution in [0.1, 0.15) is 28.3 Å². The largest absolute Gasteiger partial charge is 0.306 e. The van der Waals surface area contributed by atoms with E-state index in [1.165, 1.54) is 10.7 Å². The molecule has 0 amide bonds. The summed E-state index contributed by atoms with van der Waals surface area (Å²) in [5, 5.41) is 19.3. The maximum absolute atomic E-state index is 14.6. The normalized spacial score (nSPS) is 10.9. The number of rotatable bonds is 7. The Bertz CT molecular complexity index is 1020. The van der Waals surface area contributed by atoms with E-state index < -0.39 is 17.5 Å². The first-order valence-corrected chi connectivity index (χ1v) is 9.20. The number of aromatic nitrogens is 3. The van der Waals surface area contributed by atoms with Crippen molar-refractivity contribution < 1.29 is 14.3 Å². The minimum Gasteiger partial charge on any atom is -0.306 e. The Morgan fingerprint density at radius 3 is 2.75 bits per heavy atom. The summed E-state index contributed by atoms with van der Waals surface area (Å²) < 4.78 is 16.0. The van der Waals surface area contributed by atoms with E-state index in [-0.39, 0.29) is 11.5 Å². The number of benzene rings is 2. The second-order valence-electron chi connectivity index (χ2n) is 6.19. The molecule has 1 heterocycles. The third kappa shape index (κ3) is 4.46. The van der Waals surface area contributed by atoms with Crippen LogP contribution in [-0.4, -0.2) is 19.9 Å². The summed E-state index contributed by atoms with van der Waals surface area (Å²) in [6.07, 6.45) is 0.381. The predicted octanol–water partition coefficient (Wildman–Crippen LogP) is 3.29. The molecule has 28 heavy (non-hydrogen) atoms. The lowest BCUT2D eigenvalue weighted by molar-refractivity contribution is -0.763. The van der Waals surface area contributed by atoms with Crippen molar-refractivity contribution in [2.75, 3.05) is 0 Å². The zero-order chi connectivity index (χ0) is 20.3. The van der Waals surface area contributed by atoms with Crippen molar-refractivity contribution >= 4 is 11.9 Å². The van der Waals surface area contributed by atoms with Gasteiger partial charge in [-0.15, -0.1) is 15.2 Å². The van der Waals surface area contributed by atoms with Crippen LogP contribution in [0.5, 0.6) is 0 Å². The average Bonchev–Trinajstić information content (AvgIpc) is 3.05. The standard InChI is InChI=1S/C18H18FN5O3S/c1-11-3-4-12(2)13(7-11)8-18-21-17(10-27-24(25)26)22-23(18)16-6-5-14(28-20)9-15(16)19/h3-7,9H,8,10,20H2,1-2H3. The highest BCUT2D eigenvalue weighted by Crippen LogP contribution is 2.22. The van der Waals surface area contributed by atoms with Gasteiger partial charge in [0, 0.05) is 11.3 Å². The molecular weight excluding hydrogens is 385 g/mol. The predicted molar refractivity (Wildman–Crippen MR) is 102 cm³/mol. The minimum atomic E-state index is -0.918. The fourth-order valence-corrected chi connectivity index (χ4v) is 3.08. The summed E-state index contributed by atoms with van der Waals surface area (Å²) in [6.45, 7) is 3.53. The molecule has 0 saturated heterocycles. The van der Waals surface area contributed by atoms with Crippen LogP contribution in [0.2, 0.25) is 0 Å². The molecule has 0 aliphatic rings. The van der Waals surface area contributed by atoms with Crippen molar-refractivity contribution in [1.82, 2.24) is 14.8 Å². The van der Waals surface area contributed by atoms with Gasteiger partial charge in [-0.3, -0.25) is 5.14 Å². The molecule has 0 radical (unpaired) electrons.